The molecule has 0 saturated carbocycles. The summed E-state index contributed by atoms with van der Waals surface area (Å²) in [4.78, 5) is 13.0. The van der Waals surface area contributed by atoms with E-state index in [0.717, 1.165) is 4.88 Å². The zero-order chi connectivity index (χ0) is 16.8. The van der Waals surface area contributed by atoms with E-state index in [1.54, 1.807) is 18.4 Å². The third kappa shape index (κ3) is 4.62. The number of carbonyl (C=O) groups is 1. The summed E-state index contributed by atoms with van der Waals surface area (Å²) in [6.07, 6.45) is 0. The van der Waals surface area contributed by atoms with Gasteiger partial charge in [-0.1, -0.05) is 12.1 Å². The summed E-state index contributed by atoms with van der Waals surface area (Å²) in [7, 11) is 1.62. The summed E-state index contributed by atoms with van der Waals surface area (Å²) in [6, 6.07) is 9.91. The summed E-state index contributed by atoms with van der Waals surface area (Å²) >= 11 is 5.51. The zero-order valence-corrected chi connectivity index (χ0v) is 15.8. The van der Waals surface area contributed by atoms with Crippen molar-refractivity contribution in [2.75, 3.05) is 25.2 Å². The fourth-order valence-electron chi connectivity index (χ4n) is 2.29. The van der Waals surface area contributed by atoms with E-state index < -0.39 is 0 Å². The van der Waals surface area contributed by atoms with Crippen LogP contribution in [0.5, 0.6) is 11.5 Å². The van der Waals surface area contributed by atoms with E-state index in [-0.39, 0.29) is 12.5 Å². The Morgan fingerprint density at radius 3 is 2.79 bits per heavy atom. The van der Waals surface area contributed by atoms with Crippen LogP contribution in [0, 0.1) is 0 Å². The molecule has 0 bridgehead atoms. The van der Waals surface area contributed by atoms with Crippen molar-refractivity contribution < 1.29 is 14.3 Å². The lowest BCUT2D eigenvalue weighted by Crippen LogP contribution is -2.28. The van der Waals surface area contributed by atoms with Crippen molar-refractivity contribution in [3.8, 4) is 11.5 Å². The van der Waals surface area contributed by atoms with Crippen LogP contribution < -0.4 is 14.8 Å². The first-order valence-electron chi connectivity index (χ1n) is 7.59. The molecule has 1 aromatic heterocycles. The van der Waals surface area contributed by atoms with E-state index in [9.17, 15) is 4.79 Å². The molecule has 0 aliphatic carbocycles. The molecule has 7 heteroatoms. The monoisotopic (exact) mass is 381 g/mol. The van der Waals surface area contributed by atoms with Gasteiger partial charge in [0.25, 0.3) is 5.91 Å². The maximum Gasteiger partial charge on any atom is 0.258 e. The Labute approximate surface area is 154 Å². The molecule has 1 saturated heterocycles. The highest BCUT2D eigenvalue weighted by molar-refractivity contribution is 8.19. The van der Waals surface area contributed by atoms with Gasteiger partial charge in [0, 0.05) is 16.4 Å². The Hall–Kier alpha value is -1.31. The van der Waals surface area contributed by atoms with Gasteiger partial charge in [-0.25, -0.2) is 0 Å². The first-order chi connectivity index (χ1) is 11.8. The quantitative estimate of drug-likeness (QED) is 0.787. The molecule has 0 atom stereocenters. The van der Waals surface area contributed by atoms with Gasteiger partial charge in [-0.05, 0) is 29.1 Å². The number of amides is 1. The van der Waals surface area contributed by atoms with E-state index >= 15 is 0 Å². The molecule has 4 nitrogen and oxygen atoms in total. The van der Waals surface area contributed by atoms with E-state index in [1.165, 1.54) is 17.1 Å². The van der Waals surface area contributed by atoms with Gasteiger partial charge in [0.2, 0.25) is 0 Å². The molecule has 0 radical (unpaired) electrons. The van der Waals surface area contributed by atoms with Gasteiger partial charge in [-0.15, -0.1) is 34.9 Å². The number of ether oxygens (including phenoxy) is 2. The van der Waals surface area contributed by atoms with Crippen LogP contribution in [-0.2, 0) is 11.3 Å². The molecular weight excluding hydrogens is 362 g/mol. The minimum atomic E-state index is -0.142. The number of thioether (sulfide) groups is 2. The van der Waals surface area contributed by atoms with Gasteiger partial charge in [0.15, 0.2) is 18.1 Å². The van der Waals surface area contributed by atoms with Crippen LogP contribution in [0.2, 0.25) is 0 Å². The lowest BCUT2D eigenvalue weighted by atomic mass is 10.2. The van der Waals surface area contributed by atoms with Crippen LogP contribution >= 0.6 is 34.9 Å². The highest BCUT2D eigenvalue weighted by atomic mass is 32.2. The van der Waals surface area contributed by atoms with Crippen molar-refractivity contribution in [3.05, 3.63) is 46.2 Å². The number of thiophene rings is 1. The van der Waals surface area contributed by atoms with Crippen molar-refractivity contribution >= 4 is 40.8 Å². The van der Waals surface area contributed by atoms with E-state index in [4.69, 9.17) is 9.47 Å². The molecular formula is C17H19NO3S3. The van der Waals surface area contributed by atoms with Crippen LogP contribution in [0.1, 0.15) is 15.0 Å². The van der Waals surface area contributed by atoms with Crippen LogP contribution in [0.3, 0.4) is 0 Å². The number of nitrogens with one attached hydrogen (secondary N) is 1. The molecule has 1 N–H and O–H groups in total. The molecule has 3 rings (SSSR count). The smallest absolute Gasteiger partial charge is 0.258 e. The van der Waals surface area contributed by atoms with Crippen LogP contribution in [0.25, 0.3) is 0 Å². The largest absolute Gasteiger partial charge is 0.493 e. The van der Waals surface area contributed by atoms with Crippen molar-refractivity contribution in [3.63, 3.8) is 0 Å². The molecule has 2 heterocycles. The van der Waals surface area contributed by atoms with Gasteiger partial charge in [0.1, 0.15) is 0 Å². The lowest BCUT2D eigenvalue weighted by Gasteiger charge is -2.14. The fourth-order valence-corrected chi connectivity index (χ4v) is 5.78. The second-order valence-electron chi connectivity index (χ2n) is 5.13. The molecule has 24 heavy (non-hydrogen) atoms. The summed E-state index contributed by atoms with van der Waals surface area (Å²) in [6.45, 7) is 0.514. The highest BCUT2D eigenvalue weighted by Gasteiger charge is 2.20. The Bertz CT molecular complexity index is 670. The Kier molecular flexibility index (Phi) is 6.34. The van der Waals surface area contributed by atoms with Gasteiger partial charge in [-0.3, -0.25) is 4.79 Å². The summed E-state index contributed by atoms with van der Waals surface area (Å²) in [5.41, 5.74) is 1.23. The van der Waals surface area contributed by atoms with Crippen LogP contribution in [0.4, 0.5) is 0 Å². The lowest BCUT2D eigenvalue weighted by molar-refractivity contribution is -0.123. The molecule has 0 unspecified atom stereocenters. The van der Waals surface area contributed by atoms with Gasteiger partial charge in [0.05, 0.1) is 18.2 Å². The molecule has 1 aliphatic rings. The second-order valence-corrected chi connectivity index (χ2v) is 8.89. The fraction of sp³-hybridized carbons (Fsp3) is 0.353. The molecule has 2 aromatic rings. The Morgan fingerprint density at radius 1 is 1.25 bits per heavy atom. The first-order valence-corrected chi connectivity index (χ1v) is 10.6. The minimum Gasteiger partial charge on any atom is -0.493 e. The third-order valence-corrected chi connectivity index (χ3v) is 7.46. The zero-order valence-electron chi connectivity index (χ0n) is 13.3. The number of rotatable bonds is 7. The minimum absolute atomic E-state index is 0.0198. The number of methoxy groups -OCH3 is 1. The van der Waals surface area contributed by atoms with Gasteiger partial charge in [-0.2, -0.15) is 0 Å². The Morgan fingerprint density at radius 2 is 2.08 bits per heavy atom. The maximum atomic E-state index is 11.9. The molecule has 128 valence electrons. The number of carbonyl (C=O) groups excluding carboxylic acids is 1. The average molecular weight is 382 g/mol. The third-order valence-electron chi connectivity index (χ3n) is 3.48. The molecule has 1 aliphatic heterocycles. The van der Waals surface area contributed by atoms with Crippen molar-refractivity contribution in [1.29, 1.82) is 0 Å². The predicted molar refractivity (Wildman–Crippen MR) is 102 cm³/mol. The number of benzene rings is 1. The van der Waals surface area contributed by atoms with Crippen LogP contribution in [0.15, 0.2) is 35.7 Å². The maximum absolute atomic E-state index is 11.9. The van der Waals surface area contributed by atoms with Crippen molar-refractivity contribution in [2.45, 2.75) is 11.1 Å². The molecule has 1 aromatic carbocycles. The SMILES string of the molecule is COc1cc(C2SCCS2)ccc1OCC(=O)NCc1cccs1. The standard InChI is InChI=1S/C17H19NO3S3/c1-20-15-9-12(17-23-7-8-24-17)4-5-14(15)21-11-16(19)18-10-13-3-2-6-22-13/h2-6,9,17H,7-8,10-11H2,1H3,(H,18,19). The molecule has 1 fully saturated rings. The number of hydrogen-bond acceptors (Lipinski definition) is 6. The van der Waals surface area contributed by atoms with Crippen molar-refractivity contribution in [2.24, 2.45) is 0 Å². The highest BCUT2D eigenvalue weighted by Crippen LogP contribution is 2.46. The number of hydrogen-bond donors (Lipinski definition) is 1. The van der Waals surface area contributed by atoms with E-state index in [2.05, 4.69) is 11.4 Å². The molecule has 1 amide bonds. The summed E-state index contributed by atoms with van der Waals surface area (Å²) in [5.74, 6) is 3.49. The van der Waals surface area contributed by atoms with Crippen LogP contribution in [-0.4, -0.2) is 31.1 Å². The molecule has 0 spiro atoms. The second kappa shape index (κ2) is 8.69. The van der Waals surface area contributed by atoms with Crippen molar-refractivity contribution in [1.82, 2.24) is 5.32 Å². The topological polar surface area (TPSA) is 47.6 Å². The van der Waals surface area contributed by atoms with E-state index in [0.29, 0.717) is 22.6 Å². The average Bonchev–Trinajstić information content (AvgIpc) is 3.31. The normalized spacial score (nSPS) is 14.5. The first kappa shape index (κ1) is 17.5. The summed E-state index contributed by atoms with van der Waals surface area (Å²) in [5, 5.41) is 4.84. The van der Waals surface area contributed by atoms with Gasteiger partial charge < -0.3 is 14.8 Å². The predicted octanol–water partition coefficient (Wildman–Crippen LogP) is 3.93. The summed E-state index contributed by atoms with van der Waals surface area (Å²) < 4.78 is 11.5. The Balaban J connectivity index is 1.54. The van der Waals surface area contributed by atoms with Gasteiger partial charge >= 0.3 is 0 Å². The van der Waals surface area contributed by atoms with E-state index in [1.807, 2.05) is 53.2 Å².